The average molecular weight is 520 g/mol. The van der Waals surface area contributed by atoms with E-state index < -0.39 is 12.3 Å². The van der Waals surface area contributed by atoms with Crippen molar-refractivity contribution in [1.29, 1.82) is 0 Å². The molecule has 10 heteroatoms. The summed E-state index contributed by atoms with van der Waals surface area (Å²) in [6.45, 7) is 6.75. The first kappa shape index (κ1) is 26.6. The van der Waals surface area contributed by atoms with Gasteiger partial charge in [0.1, 0.15) is 11.5 Å². The van der Waals surface area contributed by atoms with E-state index in [0.29, 0.717) is 35.2 Å². The summed E-state index contributed by atoms with van der Waals surface area (Å²) in [5.74, 6) is 0.452. The summed E-state index contributed by atoms with van der Waals surface area (Å²) in [5.41, 5.74) is 2.98. The largest absolute Gasteiger partial charge is 0.573 e. The lowest BCUT2D eigenvalue weighted by molar-refractivity contribution is -0.274. The number of rotatable bonds is 8. The molecule has 1 aliphatic carbocycles. The van der Waals surface area contributed by atoms with E-state index in [4.69, 9.17) is 14.8 Å². The van der Waals surface area contributed by atoms with Crippen molar-refractivity contribution in [2.75, 3.05) is 12.4 Å². The number of aliphatic carboxylic acids is 1. The number of alkyl halides is 3. The normalized spacial score (nSPS) is 19.5. The molecule has 4 rings (SSSR count). The first-order valence-electron chi connectivity index (χ1n) is 12.3. The van der Waals surface area contributed by atoms with Crippen molar-refractivity contribution in [3.8, 4) is 11.5 Å². The molecule has 0 radical (unpaired) electrons. The molecule has 0 aliphatic heterocycles. The van der Waals surface area contributed by atoms with Crippen molar-refractivity contribution in [3.63, 3.8) is 0 Å². The van der Waals surface area contributed by atoms with Crippen molar-refractivity contribution in [3.05, 3.63) is 42.0 Å². The minimum absolute atomic E-state index is 0.0334. The molecule has 2 aromatic carbocycles. The fourth-order valence-corrected chi connectivity index (χ4v) is 5.61. The first-order chi connectivity index (χ1) is 17.3. The highest BCUT2D eigenvalue weighted by molar-refractivity contribution is 5.83. The van der Waals surface area contributed by atoms with Crippen LogP contribution in [-0.4, -0.2) is 34.1 Å². The van der Waals surface area contributed by atoms with Crippen LogP contribution in [0.4, 0.5) is 24.8 Å². The zero-order valence-corrected chi connectivity index (χ0v) is 21.4. The van der Waals surface area contributed by atoms with E-state index in [1.807, 2.05) is 12.1 Å². The fraction of sp³-hybridized carbons (Fsp3) is 0.481. The van der Waals surface area contributed by atoms with Gasteiger partial charge in [0, 0.05) is 24.2 Å². The Morgan fingerprint density at radius 2 is 1.92 bits per heavy atom. The maximum absolute atomic E-state index is 12.6. The van der Waals surface area contributed by atoms with Crippen molar-refractivity contribution in [1.82, 2.24) is 9.55 Å². The minimum Gasteiger partial charge on any atom is -0.496 e. The average Bonchev–Trinajstić information content (AvgIpc) is 3.12. The molecule has 1 heterocycles. The number of aromatic nitrogens is 2. The van der Waals surface area contributed by atoms with Gasteiger partial charge in [0.2, 0.25) is 5.95 Å². The number of aryl methyl sites for hydroxylation is 1. The van der Waals surface area contributed by atoms with Gasteiger partial charge in [-0.1, -0.05) is 20.8 Å². The van der Waals surface area contributed by atoms with Crippen molar-refractivity contribution >= 4 is 28.6 Å². The molecule has 1 fully saturated rings. The SMILES string of the molecule is COc1cc2c(cc1CCC(=O)O)nc(Nc1ccc(OC(F)(F)F)cc1)n2[C@@H]1CC(C)CC(C)(C)C1. The maximum Gasteiger partial charge on any atom is 0.573 e. The Hall–Kier alpha value is -3.43. The number of halogens is 3. The number of carbonyl (C=O) groups is 1. The standard InChI is InChI=1S/C27H32F3N3O4/c1-16-11-19(15-26(2,3)14-16)33-22-13-23(36-4)17(5-10-24(34)35)12-21(22)32-25(33)31-18-6-8-20(9-7-18)37-27(28,29)30/h6-9,12-13,16,19H,5,10-11,14-15H2,1-4H3,(H,31,32)(H,34,35)/t16?,19-/m1/s1. The van der Waals surface area contributed by atoms with Crippen LogP contribution in [0.15, 0.2) is 36.4 Å². The minimum atomic E-state index is -4.76. The predicted octanol–water partition coefficient (Wildman–Crippen LogP) is 7.09. The summed E-state index contributed by atoms with van der Waals surface area (Å²) in [7, 11) is 1.56. The van der Waals surface area contributed by atoms with Crippen molar-refractivity contribution < 1.29 is 32.5 Å². The Labute approximate surface area is 213 Å². The molecule has 3 aromatic rings. The Balaban J connectivity index is 1.77. The highest BCUT2D eigenvalue weighted by atomic mass is 19.4. The molecular formula is C27H32F3N3O4. The van der Waals surface area contributed by atoms with Gasteiger partial charge in [-0.25, -0.2) is 4.98 Å². The predicted molar refractivity (Wildman–Crippen MR) is 134 cm³/mol. The molecule has 2 atom stereocenters. The van der Waals surface area contributed by atoms with Gasteiger partial charge in [0.05, 0.1) is 18.1 Å². The van der Waals surface area contributed by atoms with Gasteiger partial charge < -0.3 is 24.5 Å². The molecule has 0 bridgehead atoms. The summed E-state index contributed by atoms with van der Waals surface area (Å²) in [5, 5.41) is 12.4. The number of anilines is 2. The summed E-state index contributed by atoms with van der Waals surface area (Å²) in [6, 6.07) is 9.42. The number of carboxylic acids is 1. The number of ether oxygens (including phenoxy) is 2. The molecule has 0 saturated heterocycles. The molecule has 1 aliphatic rings. The Bertz CT molecular complexity index is 1270. The van der Waals surface area contributed by atoms with Gasteiger partial charge in [0.15, 0.2) is 0 Å². The number of nitrogens with one attached hydrogen (secondary N) is 1. The molecule has 0 spiro atoms. The third-order valence-corrected chi connectivity index (χ3v) is 6.77. The highest BCUT2D eigenvalue weighted by Crippen LogP contribution is 2.46. The molecule has 1 unspecified atom stereocenters. The van der Waals surface area contributed by atoms with Crippen LogP contribution in [0.5, 0.6) is 11.5 Å². The lowest BCUT2D eigenvalue weighted by Crippen LogP contribution is -2.29. The third kappa shape index (κ3) is 6.47. The number of methoxy groups -OCH3 is 1. The Morgan fingerprint density at radius 3 is 2.51 bits per heavy atom. The third-order valence-electron chi connectivity index (χ3n) is 6.77. The molecule has 1 aromatic heterocycles. The Kier molecular flexibility index (Phi) is 7.30. The van der Waals surface area contributed by atoms with Crippen LogP contribution in [0.2, 0.25) is 0 Å². The number of benzene rings is 2. The summed E-state index contributed by atoms with van der Waals surface area (Å²) in [6.07, 6.45) is -1.50. The Morgan fingerprint density at radius 1 is 1.22 bits per heavy atom. The van der Waals surface area contributed by atoms with Gasteiger partial charge in [-0.3, -0.25) is 4.79 Å². The number of imidazole rings is 1. The van der Waals surface area contributed by atoms with Crippen LogP contribution >= 0.6 is 0 Å². The second kappa shape index (κ2) is 10.1. The highest BCUT2D eigenvalue weighted by Gasteiger charge is 2.35. The summed E-state index contributed by atoms with van der Waals surface area (Å²) >= 11 is 0. The van der Waals surface area contributed by atoms with Gasteiger partial charge in [0.25, 0.3) is 0 Å². The van der Waals surface area contributed by atoms with E-state index in [2.05, 4.69) is 35.4 Å². The van der Waals surface area contributed by atoms with Crippen LogP contribution in [0.1, 0.15) is 58.1 Å². The molecule has 0 amide bonds. The number of fused-ring (bicyclic) bond motifs is 1. The van der Waals surface area contributed by atoms with E-state index in [0.717, 1.165) is 30.3 Å². The second-order valence-corrected chi connectivity index (χ2v) is 10.6. The maximum atomic E-state index is 12.6. The van der Waals surface area contributed by atoms with Gasteiger partial charge in [-0.2, -0.15) is 0 Å². The lowest BCUT2D eigenvalue weighted by atomic mass is 9.70. The first-order valence-corrected chi connectivity index (χ1v) is 12.3. The zero-order valence-electron chi connectivity index (χ0n) is 21.4. The molecule has 2 N–H and O–H groups in total. The van der Waals surface area contributed by atoms with Crippen LogP contribution in [0.3, 0.4) is 0 Å². The second-order valence-electron chi connectivity index (χ2n) is 10.6. The van der Waals surface area contributed by atoms with Crippen LogP contribution in [-0.2, 0) is 11.2 Å². The van der Waals surface area contributed by atoms with Gasteiger partial charge in [-0.05, 0) is 72.9 Å². The van der Waals surface area contributed by atoms with Crippen LogP contribution in [0.25, 0.3) is 11.0 Å². The fourth-order valence-electron chi connectivity index (χ4n) is 5.61. The van der Waals surface area contributed by atoms with E-state index >= 15 is 0 Å². The zero-order chi connectivity index (χ0) is 27.0. The van der Waals surface area contributed by atoms with E-state index in [-0.39, 0.29) is 23.6 Å². The lowest BCUT2D eigenvalue weighted by Gasteiger charge is -2.40. The van der Waals surface area contributed by atoms with E-state index in [1.165, 1.54) is 24.3 Å². The van der Waals surface area contributed by atoms with Crippen molar-refractivity contribution in [2.45, 2.75) is 65.3 Å². The molecule has 7 nitrogen and oxygen atoms in total. The number of hydrogen-bond donors (Lipinski definition) is 2. The van der Waals surface area contributed by atoms with Crippen molar-refractivity contribution in [2.24, 2.45) is 11.3 Å². The van der Waals surface area contributed by atoms with E-state index in [1.54, 1.807) is 7.11 Å². The topological polar surface area (TPSA) is 85.6 Å². The smallest absolute Gasteiger partial charge is 0.496 e. The summed E-state index contributed by atoms with van der Waals surface area (Å²) < 4.78 is 49.4. The number of nitrogens with zero attached hydrogens (tertiary/aromatic N) is 2. The van der Waals surface area contributed by atoms with Crippen LogP contribution in [0, 0.1) is 11.3 Å². The monoisotopic (exact) mass is 519 g/mol. The molecular weight excluding hydrogens is 487 g/mol. The van der Waals surface area contributed by atoms with E-state index in [9.17, 15) is 18.0 Å². The van der Waals surface area contributed by atoms with Gasteiger partial charge in [-0.15, -0.1) is 13.2 Å². The van der Waals surface area contributed by atoms with Gasteiger partial charge >= 0.3 is 12.3 Å². The number of carboxylic acid groups (broad SMARTS) is 1. The summed E-state index contributed by atoms with van der Waals surface area (Å²) in [4.78, 5) is 16.0. The quantitative estimate of drug-likeness (QED) is 0.330. The number of hydrogen-bond acceptors (Lipinski definition) is 5. The molecule has 200 valence electrons. The van der Waals surface area contributed by atoms with Crippen LogP contribution < -0.4 is 14.8 Å². The molecule has 37 heavy (non-hydrogen) atoms. The molecule has 1 saturated carbocycles.